The lowest BCUT2D eigenvalue weighted by Crippen LogP contribution is -2.26. The molecule has 0 fully saturated rings. The highest BCUT2D eigenvalue weighted by Gasteiger charge is 2.13. The Labute approximate surface area is 130 Å². The molecule has 0 unspecified atom stereocenters. The molecule has 6 nitrogen and oxygen atoms in total. The van der Waals surface area contributed by atoms with Crippen LogP contribution in [0.3, 0.4) is 0 Å². The fourth-order valence-electron chi connectivity index (χ4n) is 1.94. The zero-order chi connectivity index (χ0) is 15.8. The summed E-state index contributed by atoms with van der Waals surface area (Å²) < 4.78 is 4.93. The van der Waals surface area contributed by atoms with Crippen LogP contribution in [0, 0.1) is 0 Å². The Morgan fingerprint density at radius 2 is 1.91 bits per heavy atom. The summed E-state index contributed by atoms with van der Waals surface area (Å²) in [5.41, 5.74) is 1.55. The number of ether oxygens (including phenoxy) is 1. The first-order valence-corrected chi connectivity index (χ1v) is 7.05. The van der Waals surface area contributed by atoms with Gasteiger partial charge in [-0.15, -0.1) is 0 Å². The van der Waals surface area contributed by atoms with Crippen molar-refractivity contribution in [3.8, 4) is 0 Å². The van der Waals surface area contributed by atoms with Gasteiger partial charge in [-0.2, -0.15) is 0 Å². The summed E-state index contributed by atoms with van der Waals surface area (Å²) in [7, 11) is 3.40. The minimum Gasteiger partial charge on any atom is -0.383 e. The maximum absolute atomic E-state index is 12.3. The largest absolute Gasteiger partial charge is 0.383 e. The van der Waals surface area contributed by atoms with Crippen molar-refractivity contribution < 1.29 is 9.53 Å². The van der Waals surface area contributed by atoms with Crippen molar-refractivity contribution in [1.82, 2.24) is 14.9 Å². The molecule has 0 saturated carbocycles. The summed E-state index contributed by atoms with van der Waals surface area (Å²) >= 11 is 0. The molecule has 2 aromatic rings. The number of carbonyl (C=O) groups is 1. The first-order valence-electron chi connectivity index (χ1n) is 7.05. The molecule has 0 aliphatic rings. The van der Waals surface area contributed by atoms with Gasteiger partial charge in [-0.05, 0) is 5.56 Å². The molecule has 0 saturated heterocycles. The highest BCUT2D eigenvalue weighted by molar-refractivity contribution is 5.93. The van der Waals surface area contributed by atoms with Gasteiger partial charge in [0.25, 0.3) is 5.91 Å². The van der Waals surface area contributed by atoms with Crippen LogP contribution in [0.4, 0.5) is 5.95 Å². The molecule has 2 rings (SSSR count). The summed E-state index contributed by atoms with van der Waals surface area (Å²) in [6.07, 6.45) is 3.07. The Morgan fingerprint density at radius 3 is 2.55 bits per heavy atom. The first kappa shape index (κ1) is 15.9. The molecule has 1 amide bonds. The molecule has 6 heteroatoms. The number of rotatable bonds is 7. The van der Waals surface area contributed by atoms with Gasteiger partial charge in [0, 0.05) is 39.6 Å². The van der Waals surface area contributed by atoms with Gasteiger partial charge in [-0.25, -0.2) is 9.97 Å². The van der Waals surface area contributed by atoms with Crippen LogP contribution < -0.4 is 5.32 Å². The average molecular weight is 300 g/mol. The number of anilines is 1. The third-order valence-electron chi connectivity index (χ3n) is 3.10. The SMILES string of the molecule is COCCNc1ncc(C(=O)N(C)Cc2ccccc2)cn1. The van der Waals surface area contributed by atoms with E-state index in [0.717, 1.165) is 5.56 Å². The van der Waals surface area contributed by atoms with E-state index in [1.165, 1.54) is 12.4 Å². The summed E-state index contributed by atoms with van der Waals surface area (Å²) in [6, 6.07) is 9.84. The van der Waals surface area contributed by atoms with Crippen LogP contribution in [0.25, 0.3) is 0 Å². The van der Waals surface area contributed by atoms with Crippen molar-refractivity contribution in [2.24, 2.45) is 0 Å². The fourth-order valence-corrected chi connectivity index (χ4v) is 1.94. The van der Waals surface area contributed by atoms with Crippen molar-refractivity contribution in [2.75, 3.05) is 32.6 Å². The number of methoxy groups -OCH3 is 1. The Bertz CT molecular complexity index is 587. The molecule has 0 aliphatic carbocycles. The third-order valence-corrected chi connectivity index (χ3v) is 3.10. The summed E-state index contributed by atoms with van der Waals surface area (Å²) in [5, 5.41) is 3.01. The topological polar surface area (TPSA) is 67.3 Å². The fraction of sp³-hybridized carbons (Fsp3) is 0.312. The smallest absolute Gasteiger partial charge is 0.257 e. The summed E-state index contributed by atoms with van der Waals surface area (Å²) in [4.78, 5) is 22.2. The van der Waals surface area contributed by atoms with Crippen molar-refractivity contribution in [3.05, 3.63) is 53.9 Å². The molecule has 0 radical (unpaired) electrons. The number of carbonyl (C=O) groups excluding carboxylic acids is 1. The van der Waals surface area contributed by atoms with E-state index < -0.39 is 0 Å². The van der Waals surface area contributed by atoms with Gasteiger partial charge < -0.3 is 15.0 Å². The maximum Gasteiger partial charge on any atom is 0.257 e. The highest BCUT2D eigenvalue weighted by Crippen LogP contribution is 2.08. The second-order valence-electron chi connectivity index (χ2n) is 4.86. The molecule has 116 valence electrons. The Balaban J connectivity index is 1.94. The molecule has 1 N–H and O–H groups in total. The molecule has 0 atom stereocenters. The average Bonchev–Trinajstić information content (AvgIpc) is 2.56. The minimum atomic E-state index is -0.104. The maximum atomic E-state index is 12.3. The monoisotopic (exact) mass is 300 g/mol. The van der Waals surface area contributed by atoms with Crippen LogP contribution in [-0.2, 0) is 11.3 Å². The molecule has 1 aromatic carbocycles. The quantitative estimate of drug-likeness (QED) is 0.790. The van der Waals surface area contributed by atoms with E-state index in [1.54, 1.807) is 19.1 Å². The minimum absolute atomic E-state index is 0.104. The van der Waals surface area contributed by atoms with E-state index in [1.807, 2.05) is 30.3 Å². The molecule has 1 heterocycles. The van der Waals surface area contributed by atoms with E-state index in [-0.39, 0.29) is 5.91 Å². The van der Waals surface area contributed by atoms with Crippen molar-refractivity contribution in [2.45, 2.75) is 6.54 Å². The lowest BCUT2D eigenvalue weighted by atomic mass is 10.2. The van der Waals surface area contributed by atoms with Gasteiger partial charge in [0.2, 0.25) is 5.95 Å². The van der Waals surface area contributed by atoms with Gasteiger partial charge in [-0.3, -0.25) is 4.79 Å². The van der Waals surface area contributed by atoms with E-state index in [0.29, 0.717) is 31.2 Å². The van der Waals surface area contributed by atoms with Gasteiger partial charge in [0.05, 0.1) is 12.2 Å². The number of hydrogen-bond donors (Lipinski definition) is 1. The molecular weight excluding hydrogens is 280 g/mol. The number of amides is 1. The molecule has 0 spiro atoms. The summed E-state index contributed by atoms with van der Waals surface area (Å²) in [5.74, 6) is 0.381. The van der Waals surface area contributed by atoms with Crippen molar-refractivity contribution >= 4 is 11.9 Å². The van der Waals surface area contributed by atoms with Crippen LogP contribution in [0.5, 0.6) is 0 Å². The van der Waals surface area contributed by atoms with Gasteiger partial charge >= 0.3 is 0 Å². The van der Waals surface area contributed by atoms with Gasteiger partial charge in [-0.1, -0.05) is 30.3 Å². The van der Waals surface area contributed by atoms with Gasteiger partial charge in [0.15, 0.2) is 0 Å². The number of hydrogen-bond acceptors (Lipinski definition) is 5. The normalized spacial score (nSPS) is 10.3. The van der Waals surface area contributed by atoms with Crippen molar-refractivity contribution in [3.63, 3.8) is 0 Å². The summed E-state index contributed by atoms with van der Waals surface area (Å²) in [6.45, 7) is 1.75. The van der Waals surface area contributed by atoms with Crippen LogP contribution in [-0.4, -0.2) is 48.1 Å². The van der Waals surface area contributed by atoms with E-state index >= 15 is 0 Å². The van der Waals surface area contributed by atoms with Crippen LogP contribution in [0.15, 0.2) is 42.7 Å². The predicted octanol–water partition coefficient (Wildman–Crippen LogP) is 1.81. The molecular formula is C16H20N4O2. The van der Waals surface area contributed by atoms with Crippen LogP contribution >= 0.6 is 0 Å². The second-order valence-corrected chi connectivity index (χ2v) is 4.86. The number of nitrogens with one attached hydrogen (secondary N) is 1. The van der Waals surface area contributed by atoms with E-state index in [4.69, 9.17) is 4.74 Å². The van der Waals surface area contributed by atoms with E-state index in [9.17, 15) is 4.79 Å². The Kier molecular flexibility index (Phi) is 5.85. The Morgan fingerprint density at radius 1 is 1.23 bits per heavy atom. The number of nitrogens with zero attached hydrogens (tertiary/aromatic N) is 3. The molecule has 0 aliphatic heterocycles. The molecule has 22 heavy (non-hydrogen) atoms. The highest BCUT2D eigenvalue weighted by atomic mass is 16.5. The molecule has 0 bridgehead atoms. The van der Waals surface area contributed by atoms with E-state index in [2.05, 4.69) is 15.3 Å². The van der Waals surface area contributed by atoms with Crippen LogP contribution in [0.2, 0.25) is 0 Å². The number of benzene rings is 1. The zero-order valence-corrected chi connectivity index (χ0v) is 12.8. The first-order chi connectivity index (χ1) is 10.7. The standard InChI is InChI=1S/C16H20N4O2/c1-20(12-13-6-4-3-5-7-13)15(21)14-10-18-16(19-11-14)17-8-9-22-2/h3-7,10-11H,8-9,12H2,1-2H3,(H,17,18,19). The zero-order valence-electron chi connectivity index (χ0n) is 12.8. The molecule has 1 aromatic heterocycles. The second kappa shape index (κ2) is 8.09. The van der Waals surface area contributed by atoms with Gasteiger partial charge in [0.1, 0.15) is 0 Å². The number of aromatic nitrogens is 2. The van der Waals surface area contributed by atoms with Crippen molar-refractivity contribution in [1.29, 1.82) is 0 Å². The predicted molar refractivity (Wildman–Crippen MR) is 84.6 cm³/mol. The Hall–Kier alpha value is -2.47. The lowest BCUT2D eigenvalue weighted by Gasteiger charge is -2.17. The van der Waals surface area contributed by atoms with Crippen LogP contribution in [0.1, 0.15) is 15.9 Å². The lowest BCUT2D eigenvalue weighted by molar-refractivity contribution is 0.0784. The third kappa shape index (κ3) is 4.53.